The Morgan fingerprint density at radius 1 is 1.19 bits per heavy atom. The normalized spacial score (nSPS) is 12.0. The number of methoxy groups -OCH3 is 1. The Balaban J connectivity index is 1.65. The fourth-order valence-electron chi connectivity index (χ4n) is 3.18. The van der Waals surface area contributed by atoms with Crippen molar-refractivity contribution in [3.63, 3.8) is 0 Å². The molecule has 3 aromatic rings. The van der Waals surface area contributed by atoms with Gasteiger partial charge >= 0.3 is 0 Å². The molecule has 0 aliphatic heterocycles. The maximum Gasteiger partial charge on any atom is 0.244 e. The van der Waals surface area contributed by atoms with Crippen LogP contribution in [0.4, 0.5) is 0 Å². The third kappa shape index (κ3) is 5.98. The highest BCUT2D eigenvalue weighted by atomic mass is 16.5. The van der Waals surface area contributed by atoms with Crippen LogP contribution in [0.15, 0.2) is 60.8 Å². The average Bonchev–Trinajstić information content (AvgIpc) is 3.27. The minimum absolute atomic E-state index is 0.168. The van der Waals surface area contributed by atoms with Gasteiger partial charge in [-0.25, -0.2) is 0 Å². The molecule has 6 heteroatoms. The number of ether oxygens (including phenoxy) is 2. The molecule has 0 fully saturated rings. The van der Waals surface area contributed by atoms with E-state index in [0.717, 1.165) is 40.4 Å². The second-order valence-corrected chi connectivity index (χ2v) is 7.29. The summed E-state index contributed by atoms with van der Waals surface area (Å²) in [5.41, 5.74) is 3.71. The van der Waals surface area contributed by atoms with Gasteiger partial charge in [0.1, 0.15) is 18.1 Å². The third-order valence-electron chi connectivity index (χ3n) is 5.00. The van der Waals surface area contributed by atoms with Crippen molar-refractivity contribution in [3.8, 4) is 11.5 Å². The lowest BCUT2D eigenvalue weighted by Gasteiger charge is -2.13. The molecule has 1 unspecified atom stereocenters. The van der Waals surface area contributed by atoms with Gasteiger partial charge in [0.15, 0.2) is 0 Å². The smallest absolute Gasteiger partial charge is 0.244 e. The predicted octanol–water partition coefficient (Wildman–Crippen LogP) is 4.69. The molecule has 0 aliphatic carbocycles. The molecule has 1 aromatic heterocycles. The Morgan fingerprint density at radius 2 is 2.00 bits per heavy atom. The van der Waals surface area contributed by atoms with E-state index in [1.54, 1.807) is 13.2 Å². The third-order valence-corrected chi connectivity index (χ3v) is 5.00. The van der Waals surface area contributed by atoms with Gasteiger partial charge in [0.2, 0.25) is 5.91 Å². The van der Waals surface area contributed by atoms with Gasteiger partial charge in [-0.2, -0.15) is 5.10 Å². The number of para-hydroxylation sites is 1. The van der Waals surface area contributed by atoms with Crippen molar-refractivity contribution in [2.45, 2.75) is 40.0 Å². The quantitative estimate of drug-likeness (QED) is 0.511. The maximum absolute atomic E-state index is 12.4. The van der Waals surface area contributed by atoms with Crippen LogP contribution in [0, 0.1) is 6.92 Å². The van der Waals surface area contributed by atoms with Crippen molar-refractivity contribution >= 4 is 12.0 Å². The van der Waals surface area contributed by atoms with Crippen molar-refractivity contribution in [1.82, 2.24) is 15.1 Å². The van der Waals surface area contributed by atoms with Crippen LogP contribution in [-0.4, -0.2) is 22.8 Å². The van der Waals surface area contributed by atoms with E-state index in [1.165, 1.54) is 6.08 Å². The van der Waals surface area contributed by atoms with Crippen molar-refractivity contribution < 1.29 is 14.3 Å². The summed E-state index contributed by atoms with van der Waals surface area (Å²) in [5.74, 6) is 1.41. The van der Waals surface area contributed by atoms with Crippen LogP contribution >= 0.6 is 0 Å². The van der Waals surface area contributed by atoms with Crippen molar-refractivity contribution in [2.75, 3.05) is 7.11 Å². The number of hydrogen-bond donors (Lipinski definition) is 1. The van der Waals surface area contributed by atoms with Gasteiger partial charge in [-0.05, 0) is 62.2 Å². The standard InChI is InChI=1S/C25H29N3O3/c1-5-28-15-14-22(27-28)19(3)26-25(29)13-11-20-10-12-24(30-4)21(16-20)17-31-23-9-7-6-8-18(23)2/h6-16,19H,5,17H2,1-4H3,(H,26,29)/b13-11+. The first kappa shape index (κ1) is 22.2. The summed E-state index contributed by atoms with van der Waals surface area (Å²) in [6.07, 6.45) is 5.22. The molecule has 0 saturated heterocycles. The molecule has 1 amide bonds. The molecule has 6 nitrogen and oxygen atoms in total. The molecule has 0 bridgehead atoms. The summed E-state index contributed by atoms with van der Waals surface area (Å²) in [7, 11) is 1.64. The molecule has 1 heterocycles. The molecule has 1 N–H and O–H groups in total. The molecular weight excluding hydrogens is 390 g/mol. The van der Waals surface area contributed by atoms with Gasteiger partial charge in [0.25, 0.3) is 0 Å². The van der Waals surface area contributed by atoms with Crippen LogP contribution < -0.4 is 14.8 Å². The summed E-state index contributed by atoms with van der Waals surface area (Å²) in [4.78, 5) is 12.4. The molecule has 162 valence electrons. The topological polar surface area (TPSA) is 65.4 Å². The summed E-state index contributed by atoms with van der Waals surface area (Å²) >= 11 is 0. The lowest BCUT2D eigenvalue weighted by Crippen LogP contribution is -2.25. The number of hydrogen-bond acceptors (Lipinski definition) is 4. The van der Waals surface area contributed by atoms with E-state index in [0.29, 0.717) is 6.61 Å². The van der Waals surface area contributed by atoms with Gasteiger partial charge in [-0.3, -0.25) is 9.48 Å². The molecule has 31 heavy (non-hydrogen) atoms. The van der Waals surface area contributed by atoms with Crippen LogP contribution in [0.25, 0.3) is 6.08 Å². The first-order valence-corrected chi connectivity index (χ1v) is 10.4. The average molecular weight is 420 g/mol. The minimum Gasteiger partial charge on any atom is -0.496 e. The number of nitrogens with zero attached hydrogens (tertiary/aromatic N) is 2. The Labute approximate surface area is 183 Å². The highest BCUT2D eigenvalue weighted by Crippen LogP contribution is 2.24. The fourth-order valence-corrected chi connectivity index (χ4v) is 3.18. The van der Waals surface area contributed by atoms with Crippen LogP contribution in [-0.2, 0) is 17.9 Å². The van der Waals surface area contributed by atoms with E-state index < -0.39 is 0 Å². The number of rotatable bonds is 9. The fraction of sp³-hybridized carbons (Fsp3) is 0.280. The van der Waals surface area contributed by atoms with Gasteiger partial charge in [-0.1, -0.05) is 24.3 Å². The maximum atomic E-state index is 12.4. The highest BCUT2D eigenvalue weighted by molar-refractivity contribution is 5.92. The number of aromatic nitrogens is 2. The second-order valence-electron chi connectivity index (χ2n) is 7.29. The zero-order chi connectivity index (χ0) is 22.2. The molecule has 0 aliphatic rings. The number of benzene rings is 2. The summed E-state index contributed by atoms with van der Waals surface area (Å²) in [5, 5.41) is 7.38. The van der Waals surface area contributed by atoms with Crippen molar-refractivity contribution in [1.29, 1.82) is 0 Å². The lowest BCUT2D eigenvalue weighted by atomic mass is 10.1. The SMILES string of the molecule is CCn1ccc(C(C)NC(=O)/C=C/c2ccc(OC)c(COc3ccccc3C)c2)n1. The predicted molar refractivity (Wildman–Crippen MR) is 122 cm³/mol. The monoisotopic (exact) mass is 419 g/mol. The lowest BCUT2D eigenvalue weighted by molar-refractivity contribution is -0.117. The summed E-state index contributed by atoms with van der Waals surface area (Å²) < 4.78 is 13.3. The molecule has 0 spiro atoms. The van der Waals surface area contributed by atoms with Crippen LogP contribution in [0.3, 0.4) is 0 Å². The Kier molecular flexibility index (Phi) is 7.49. The molecule has 0 saturated carbocycles. The Morgan fingerprint density at radius 3 is 2.71 bits per heavy atom. The largest absolute Gasteiger partial charge is 0.496 e. The first-order chi connectivity index (χ1) is 15.0. The van der Waals surface area contributed by atoms with Gasteiger partial charge in [0.05, 0.1) is 18.8 Å². The van der Waals surface area contributed by atoms with Gasteiger partial charge < -0.3 is 14.8 Å². The van der Waals surface area contributed by atoms with E-state index in [4.69, 9.17) is 9.47 Å². The summed E-state index contributed by atoms with van der Waals surface area (Å²) in [6.45, 7) is 7.13. The van der Waals surface area contributed by atoms with Gasteiger partial charge in [0, 0.05) is 24.4 Å². The zero-order valence-corrected chi connectivity index (χ0v) is 18.5. The first-order valence-electron chi connectivity index (χ1n) is 10.4. The highest BCUT2D eigenvalue weighted by Gasteiger charge is 2.11. The number of nitrogens with one attached hydrogen (secondary N) is 1. The van der Waals surface area contributed by atoms with Gasteiger partial charge in [-0.15, -0.1) is 0 Å². The van der Waals surface area contributed by atoms with Crippen LogP contribution in [0.1, 0.15) is 42.3 Å². The number of carbonyl (C=O) groups is 1. The van der Waals surface area contributed by atoms with Crippen molar-refractivity contribution in [3.05, 3.63) is 83.2 Å². The van der Waals surface area contributed by atoms with Crippen LogP contribution in [0.2, 0.25) is 0 Å². The molecule has 1 atom stereocenters. The molecule has 3 rings (SSSR count). The number of aryl methyl sites for hydroxylation is 2. The summed E-state index contributed by atoms with van der Waals surface area (Å²) in [6, 6.07) is 15.4. The second kappa shape index (κ2) is 10.5. The van der Waals surface area contributed by atoms with E-state index in [-0.39, 0.29) is 11.9 Å². The molecular formula is C25H29N3O3. The van der Waals surface area contributed by atoms with E-state index in [2.05, 4.69) is 10.4 Å². The molecule has 2 aromatic carbocycles. The minimum atomic E-state index is -0.174. The number of amides is 1. The van der Waals surface area contributed by atoms with Crippen molar-refractivity contribution in [2.24, 2.45) is 0 Å². The van der Waals surface area contributed by atoms with E-state index in [9.17, 15) is 4.79 Å². The number of carbonyl (C=O) groups excluding carboxylic acids is 1. The van der Waals surface area contributed by atoms with E-state index >= 15 is 0 Å². The Bertz CT molecular complexity index is 1060. The van der Waals surface area contributed by atoms with E-state index in [1.807, 2.05) is 80.2 Å². The zero-order valence-electron chi connectivity index (χ0n) is 18.5. The Hall–Kier alpha value is -3.54. The van der Waals surface area contributed by atoms with Crippen LogP contribution in [0.5, 0.6) is 11.5 Å². The molecule has 0 radical (unpaired) electrons.